The molecule has 2 rings (SSSR count). The van der Waals surface area contributed by atoms with E-state index in [9.17, 15) is 5.11 Å². The van der Waals surface area contributed by atoms with E-state index in [2.05, 4.69) is 19.4 Å². The molecule has 124 valence electrons. The van der Waals surface area contributed by atoms with Crippen LogP contribution in [0.5, 0.6) is 11.5 Å². The molecule has 6 nitrogen and oxygen atoms in total. The smallest absolute Gasteiger partial charge is 0.231 e. The van der Waals surface area contributed by atoms with E-state index >= 15 is 0 Å². The molecule has 1 aromatic rings. The van der Waals surface area contributed by atoms with Gasteiger partial charge in [0.15, 0.2) is 11.5 Å². The van der Waals surface area contributed by atoms with Crippen molar-refractivity contribution in [2.75, 3.05) is 47.1 Å². The molecule has 1 heterocycles. The number of fused-ring (bicyclic) bond motifs is 1. The number of hydrogen-bond acceptors (Lipinski definition) is 4. The number of quaternary nitrogens is 2. The van der Waals surface area contributed by atoms with Crippen molar-refractivity contribution >= 4 is 0 Å². The van der Waals surface area contributed by atoms with Gasteiger partial charge in [0.1, 0.15) is 12.6 Å². The Morgan fingerprint density at radius 2 is 2.14 bits per heavy atom. The second kappa shape index (κ2) is 8.95. The SMILES string of the molecule is C[NH+](C)CCC[NH2+]C[C@H](O)COCc1ccc2c(c1)OCO2. The highest BCUT2D eigenvalue weighted by Gasteiger charge is 2.13. The number of aliphatic hydroxyl groups excluding tert-OH is 1. The summed E-state index contributed by atoms with van der Waals surface area (Å²) >= 11 is 0. The van der Waals surface area contributed by atoms with Crippen LogP contribution >= 0.6 is 0 Å². The Bertz CT molecular complexity index is 454. The number of aliphatic hydroxyl groups is 1. The minimum absolute atomic E-state index is 0.281. The molecule has 1 atom stereocenters. The third-order valence-electron chi connectivity index (χ3n) is 3.54. The average molecular weight is 312 g/mol. The molecule has 0 aliphatic carbocycles. The Balaban J connectivity index is 1.56. The highest BCUT2D eigenvalue weighted by atomic mass is 16.7. The third-order valence-corrected chi connectivity index (χ3v) is 3.54. The van der Waals surface area contributed by atoms with Crippen LogP contribution in [0.15, 0.2) is 18.2 Å². The summed E-state index contributed by atoms with van der Waals surface area (Å²) in [5.74, 6) is 1.54. The topological polar surface area (TPSA) is 69.0 Å². The molecule has 1 aromatic carbocycles. The van der Waals surface area contributed by atoms with E-state index in [1.807, 2.05) is 18.2 Å². The van der Waals surface area contributed by atoms with Crippen LogP contribution in [0, 0.1) is 0 Å². The van der Waals surface area contributed by atoms with Crippen molar-refractivity contribution in [3.63, 3.8) is 0 Å². The standard InChI is InChI=1S/C16H26N2O4/c1-18(2)7-3-6-17-9-14(19)11-20-10-13-4-5-15-16(8-13)22-12-21-15/h4-5,8,14,17,19H,3,6-7,9-12H2,1-2H3/p+2/t14-/m0/s1. The zero-order valence-electron chi connectivity index (χ0n) is 13.5. The second-order valence-corrected chi connectivity index (χ2v) is 5.98. The van der Waals surface area contributed by atoms with E-state index in [1.165, 1.54) is 4.90 Å². The fourth-order valence-corrected chi connectivity index (χ4v) is 2.32. The molecular formula is C16H28N2O4+2. The highest BCUT2D eigenvalue weighted by molar-refractivity contribution is 5.44. The molecule has 6 heteroatoms. The minimum Gasteiger partial charge on any atom is -0.454 e. The van der Waals surface area contributed by atoms with Gasteiger partial charge in [0.2, 0.25) is 6.79 Å². The maximum atomic E-state index is 9.88. The maximum Gasteiger partial charge on any atom is 0.231 e. The first-order valence-corrected chi connectivity index (χ1v) is 7.90. The van der Waals surface area contributed by atoms with Gasteiger partial charge < -0.3 is 29.5 Å². The first-order chi connectivity index (χ1) is 10.6. The second-order valence-electron chi connectivity index (χ2n) is 5.98. The normalized spacial score (nSPS) is 14.5. The summed E-state index contributed by atoms with van der Waals surface area (Å²) in [6.45, 7) is 3.99. The summed E-state index contributed by atoms with van der Waals surface area (Å²) < 4.78 is 16.2. The molecule has 0 bridgehead atoms. The molecule has 0 radical (unpaired) electrons. The fraction of sp³-hybridized carbons (Fsp3) is 0.625. The Hall–Kier alpha value is -1.34. The molecule has 0 spiro atoms. The van der Waals surface area contributed by atoms with Gasteiger partial charge >= 0.3 is 0 Å². The van der Waals surface area contributed by atoms with Crippen molar-refractivity contribution in [1.82, 2.24) is 0 Å². The largest absolute Gasteiger partial charge is 0.454 e. The van der Waals surface area contributed by atoms with Crippen LogP contribution < -0.4 is 19.7 Å². The van der Waals surface area contributed by atoms with Crippen molar-refractivity contribution < 1.29 is 29.5 Å². The van der Waals surface area contributed by atoms with E-state index in [-0.39, 0.29) is 6.79 Å². The van der Waals surface area contributed by atoms with Crippen molar-refractivity contribution in [3.05, 3.63) is 23.8 Å². The number of hydrogen-bond donors (Lipinski definition) is 3. The molecule has 0 unspecified atom stereocenters. The number of rotatable bonds is 10. The van der Waals surface area contributed by atoms with Crippen LogP contribution in [0.1, 0.15) is 12.0 Å². The van der Waals surface area contributed by atoms with Gasteiger partial charge in [-0.2, -0.15) is 0 Å². The van der Waals surface area contributed by atoms with Gasteiger partial charge in [-0.3, -0.25) is 0 Å². The predicted octanol–water partition coefficient (Wildman–Crippen LogP) is -1.61. The van der Waals surface area contributed by atoms with E-state index < -0.39 is 6.10 Å². The van der Waals surface area contributed by atoms with Gasteiger partial charge in [-0.05, 0) is 17.7 Å². The van der Waals surface area contributed by atoms with Crippen molar-refractivity contribution in [2.24, 2.45) is 0 Å². The Morgan fingerprint density at radius 1 is 1.32 bits per heavy atom. The highest BCUT2D eigenvalue weighted by Crippen LogP contribution is 2.32. The lowest BCUT2D eigenvalue weighted by molar-refractivity contribution is -0.860. The number of nitrogens with two attached hydrogens (primary N) is 1. The van der Waals surface area contributed by atoms with E-state index in [0.717, 1.165) is 36.6 Å². The molecule has 0 saturated carbocycles. The molecule has 0 aromatic heterocycles. The first kappa shape index (κ1) is 17.0. The first-order valence-electron chi connectivity index (χ1n) is 7.90. The lowest BCUT2D eigenvalue weighted by Gasteiger charge is -2.11. The van der Waals surface area contributed by atoms with Gasteiger partial charge in [0.05, 0.1) is 40.4 Å². The van der Waals surface area contributed by atoms with E-state index in [0.29, 0.717) is 19.8 Å². The quantitative estimate of drug-likeness (QED) is 0.455. The fourth-order valence-electron chi connectivity index (χ4n) is 2.32. The number of nitrogens with one attached hydrogen (secondary N) is 1. The lowest BCUT2D eigenvalue weighted by Crippen LogP contribution is -3.06. The third kappa shape index (κ3) is 5.81. The van der Waals surface area contributed by atoms with Crippen LogP contribution in [0.2, 0.25) is 0 Å². The van der Waals surface area contributed by atoms with E-state index in [4.69, 9.17) is 14.2 Å². The van der Waals surface area contributed by atoms with Gasteiger partial charge in [-0.15, -0.1) is 0 Å². The Kier molecular flexibility index (Phi) is 6.92. The van der Waals surface area contributed by atoms with Crippen LogP contribution in [0.25, 0.3) is 0 Å². The summed E-state index contributed by atoms with van der Waals surface area (Å²) in [5.41, 5.74) is 1.02. The Morgan fingerprint density at radius 3 is 2.95 bits per heavy atom. The van der Waals surface area contributed by atoms with Crippen molar-refractivity contribution in [2.45, 2.75) is 19.1 Å². The lowest BCUT2D eigenvalue weighted by atomic mass is 10.2. The van der Waals surface area contributed by atoms with Gasteiger partial charge in [-0.25, -0.2) is 0 Å². The van der Waals surface area contributed by atoms with Gasteiger partial charge in [0.25, 0.3) is 0 Å². The molecule has 4 N–H and O–H groups in total. The summed E-state index contributed by atoms with van der Waals surface area (Å²) in [7, 11) is 4.30. The van der Waals surface area contributed by atoms with Crippen molar-refractivity contribution in [1.29, 1.82) is 0 Å². The number of ether oxygens (including phenoxy) is 3. The molecule has 0 saturated heterocycles. The van der Waals surface area contributed by atoms with Crippen LogP contribution in [0.3, 0.4) is 0 Å². The summed E-state index contributed by atoms with van der Waals surface area (Å²) in [4.78, 5) is 1.46. The minimum atomic E-state index is -0.430. The zero-order valence-corrected chi connectivity index (χ0v) is 13.5. The number of benzene rings is 1. The average Bonchev–Trinajstić information content (AvgIpc) is 2.94. The maximum absolute atomic E-state index is 9.88. The van der Waals surface area contributed by atoms with Gasteiger partial charge in [0, 0.05) is 6.42 Å². The zero-order chi connectivity index (χ0) is 15.8. The molecule has 1 aliphatic heterocycles. The molecular weight excluding hydrogens is 284 g/mol. The molecule has 0 amide bonds. The van der Waals surface area contributed by atoms with Crippen molar-refractivity contribution in [3.8, 4) is 11.5 Å². The predicted molar refractivity (Wildman–Crippen MR) is 82.2 cm³/mol. The molecule has 0 fully saturated rings. The molecule has 1 aliphatic rings. The van der Waals surface area contributed by atoms with Gasteiger partial charge in [-0.1, -0.05) is 6.07 Å². The van der Waals surface area contributed by atoms with Crippen LogP contribution in [0.4, 0.5) is 0 Å². The Labute approximate surface area is 132 Å². The summed E-state index contributed by atoms with van der Waals surface area (Å²) in [5, 5.41) is 12.0. The van der Waals surface area contributed by atoms with Crippen LogP contribution in [-0.2, 0) is 11.3 Å². The summed E-state index contributed by atoms with van der Waals surface area (Å²) in [6.07, 6.45) is 0.730. The van der Waals surface area contributed by atoms with E-state index in [1.54, 1.807) is 0 Å². The van der Waals surface area contributed by atoms with Crippen LogP contribution in [-0.4, -0.2) is 58.3 Å². The molecule has 22 heavy (non-hydrogen) atoms. The monoisotopic (exact) mass is 312 g/mol. The summed E-state index contributed by atoms with van der Waals surface area (Å²) in [6, 6.07) is 5.76.